The van der Waals surface area contributed by atoms with Gasteiger partial charge in [-0.2, -0.15) is 0 Å². The number of esters is 1. The van der Waals surface area contributed by atoms with Crippen LogP contribution in [0.1, 0.15) is 36.1 Å². The molecule has 1 atom stereocenters. The minimum atomic E-state index is -0.330. The van der Waals surface area contributed by atoms with Crippen LogP contribution in [-0.2, 0) is 11.3 Å². The summed E-state index contributed by atoms with van der Waals surface area (Å²) in [6.07, 6.45) is 0. The summed E-state index contributed by atoms with van der Waals surface area (Å²) in [7, 11) is 1.40. The van der Waals surface area contributed by atoms with Crippen molar-refractivity contribution in [2.45, 2.75) is 26.4 Å². The quantitative estimate of drug-likeness (QED) is 0.803. The Morgan fingerprint density at radius 1 is 1.32 bits per heavy atom. The summed E-state index contributed by atoms with van der Waals surface area (Å²) >= 11 is 0. The number of carbonyl (C=O) groups is 1. The van der Waals surface area contributed by atoms with E-state index < -0.39 is 0 Å². The Morgan fingerprint density at radius 2 is 2.09 bits per heavy atom. The van der Waals surface area contributed by atoms with Crippen LogP contribution in [0.25, 0.3) is 0 Å². The standard InChI is InChI=1S/C15H19N5O2/c1-10(2)13-14-16-17-18-20(14)9-8-19(13)12-7-5-4-6-11(12)15(21)22-3/h4-7,10,13H,8-9H2,1-3H3. The van der Waals surface area contributed by atoms with Gasteiger partial charge in [0.15, 0.2) is 5.82 Å². The molecule has 0 saturated carbocycles. The number of para-hydroxylation sites is 1. The molecule has 0 amide bonds. The van der Waals surface area contributed by atoms with E-state index in [2.05, 4.69) is 34.3 Å². The highest BCUT2D eigenvalue weighted by molar-refractivity contribution is 5.95. The third-order valence-corrected chi connectivity index (χ3v) is 3.96. The zero-order valence-electron chi connectivity index (χ0n) is 12.9. The number of anilines is 1. The zero-order valence-corrected chi connectivity index (χ0v) is 12.9. The zero-order chi connectivity index (χ0) is 15.7. The fourth-order valence-corrected chi connectivity index (χ4v) is 3.00. The number of rotatable bonds is 3. The van der Waals surface area contributed by atoms with Crippen LogP contribution in [0.2, 0.25) is 0 Å². The predicted molar refractivity (Wildman–Crippen MR) is 80.5 cm³/mol. The lowest BCUT2D eigenvalue weighted by Crippen LogP contribution is -2.42. The lowest BCUT2D eigenvalue weighted by molar-refractivity contribution is 0.0601. The summed E-state index contributed by atoms with van der Waals surface area (Å²) in [6.45, 7) is 5.70. The molecular formula is C15H19N5O2. The van der Waals surface area contributed by atoms with Gasteiger partial charge in [0, 0.05) is 6.54 Å². The van der Waals surface area contributed by atoms with Gasteiger partial charge in [-0.1, -0.05) is 26.0 Å². The second kappa shape index (κ2) is 5.75. The van der Waals surface area contributed by atoms with E-state index in [-0.39, 0.29) is 12.0 Å². The minimum Gasteiger partial charge on any atom is -0.465 e. The van der Waals surface area contributed by atoms with Crippen LogP contribution in [0.4, 0.5) is 5.69 Å². The number of hydrogen-bond acceptors (Lipinski definition) is 6. The molecular weight excluding hydrogens is 282 g/mol. The summed E-state index contributed by atoms with van der Waals surface area (Å²) in [6, 6.07) is 7.52. The molecule has 0 saturated heterocycles. The topological polar surface area (TPSA) is 73.1 Å². The molecule has 22 heavy (non-hydrogen) atoms. The second-order valence-electron chi connectivity index (χ2n) is 5.65. The van der Waals surface area contributed by atoms with Gasteiger partial charge >= 0.3 is 5.97 Å². The van der Waals surface area contributed by atoms with Crippen molar-refractivity contribution in [3.8, 4) is 0 Å². The minimum absolute atomic E-state index is 0.0227. The predicted octanol–water partition coefficient (Wildman–Crippen LogP) is 1.68. The molecule has 1 unspecified atom stereocenters. The molecule has 0 fully saturated rings. The van der Waals surface area contributed by atoms with E-state index in [4.69, 9.17) is 4.74 Å². The Hall–Kier alpha value is -2.44. The van der Waals surface area contributed by atoms with Gasteiger partial charge < -0.3 is 9.64 Å². The van der Waals surface area contributed by atoms with Crippen molar-refractivity contribution in [1.29, 1.82) is 0 Å². The maximum atomic E-state index is 12.1. The molecule has 3 rings (SSSR count). The van der Waals surface area contributed by atoms with Crippen LogP contribution < -0.4 is 4.90 Å². The number of tetrazole rings is 1. The summed E-state index contributed by atoms with van der Waals surface area (Å²) < 4.78 is 6.74. The largest absolute Gasteiger partial charge is 0.465 e. The Kier molecular flexibility index (Phi) is 3.79. The number of nitrogens with zero attached hydrogens (tertiary/aromatic N) is 5. The molecule has 1 aromatic carbocycles. The fourth-order valence-electron chi connectivity index (χ4n) is 3.00. The molecule has 0 radical (unpaired) electrons. The first-order valence-electron chi connectivity index (χ1n) is 7.33. The molecule has 0 bridgehead atoms. The van der Waals surface area contributed by atoms with Crippen LogP contribution in [0.5, 0.6) is 0 Å². The van der Waals surface area contributed by atoms with Gasteiger partial charge in [-0.05, 0) is 28.5 Å². The first kappa shape index (κ1) is 14.5. The van der Waals surface area contributed by atoms with E-state index in [1.807, 2.05) is 22.9 Å². The van der Waals surface area contributed by atoms with Gasteiger partial charge in [-0.3, -0.25) is 0 Å². The van der Waals surface area contributed by atoms with E-state index in [0.29, 0.717) is 18.0 Å². The second-order valence-corrected chi connectivity index (χ2v) is 5.65. The molecule has 116 valence electrons. The normalized spacial score (nSPS) is 17.5. The Morgan fingerprint density at radius 3 is 2.82 bits per heavy atom. The molecule has 1 aromatic heterocycles. The summed E-state index contributed by atoms with van der Waals surface area (Å²) in [4.78, 5) is 14.3. The smallest absolute Gasteiger partial charge is 0.339 e. The third kappa shape index (κ3) is 2.32. The highest BCUT2D eigenvalue weighted by atomic mass is 16.5. The molecule has 1 aliphatic heterocycles. The first-order valence-corrected chi connectivity index (χ1v) is 7.33. The van der Waals surface area contributed by atoms with Crippen LogP contribution in [0, 0.1) is 5.92 Å². The van der Waals surface area contributed by atoms with Crippen LogP contribution in [-0.4, -0.2) is 39.8 Å². The maximum Gasteiger partial charge on any atom is 0.339 e. The Bertz CT molecular complexity index is 682. The molecule has 1 aliphatic rings. The summed E-state index contributed by atoms with van der Waals surface area (Å²) in [5.74, 6) is 0.806. The van der Waals surface area contributed by atoms with Crippen molar-refractivity contribution >= 4 is 11.7 Å². The third-order valence-electron chi connectivity index (χ3n) is 3.96. The van der Waals surface area contributed by atoms with E-state index in [1.54, 1.807) is 6.07 Å². The monoisotopic (exact) mass is 301 g/mol. The van der Waals surface area contributed by atoms with Crippen molar-refractivity contribution in [2.24, 2.45) is 5.92 Å². The molecule has 7 heteroatoms. The fraction of sp³-hybridized carbons (Fsp3) is 0.467. The highest BCUT2D eigenvalue weighted by Gasteiger charge is 2.34. The van der Waals surface area contributed by atoms with Crippen LogP contribution in [0.15, 0.2) is 24.3 Å². The highest BCUT2D eigenvalue weighted by Crippen LogP contribution is 2.35. The van der Waals surface area contributed by atoms with E-state index in [0.717, 1.165) is 18.1 Å². The molecule has 2 heterocycles. The molecule has 0 spiro atoms. The van der Waals surface area contributed by atoms with E-state index >= 15 is 0 Å². The summed E-state index contributed by atoms with van der Waals surface area (Å²) in [5.41, 5.74) is 1.43. The molecule has 2 aromatic rings. The number of methoxy groups -OCH3 is 1. The van der Waals surface area contributed by atoms with Gasteiger partial charge in [0.1, 0.15) is 0 Å². The van der Waals surface area contributed by atoms with E-state index in [9.17, 15) is 4.79 Å². The van der Waals surface area contributed by atoms with Gasteiger partial charge in [-0.15, -0.1) is 5.10 Å². The van der Waals surface area contributed by atoms with Gasteiger partial charge in [0.2, 0.25) is 0 Å². The van der Waals surface area contributed by atoms with Crippen molar-refractivity contribution in [2.75, 3.05) is 18.6 Å². The number of hydrogen-bond donors (Lipinski definition) is 0. The average molecular weight is 301 g/mol. The van der Waals surface area contributed by atoms with Crippen LogP contribution >= 0.6 is 0 Å². The number of benzene rings is 1. The summed E-state index contributed by atoms with van der Waals surface area (Å²) in [5, 5.41) is 12.0. The number of carbonyl (C=O) groups excluding carboxylic acids is 1. The molecule has 0 N–H and O–H groups in total. The molecule has 7 nitrogen and oxygen atoms in total. The number of ether oxygens (including phenoxy) is 1. The van der Waals surface area contributed by atoms with Crippen molar-refractivity contribution in [3.63, 3.8) is 0 Å². The van der Waals surface area contributed by atoms with Gasteiger partial charge in [-0.25, -0.2) is 9.48 Å². The number of fused-ring (bicyclic) bond motifs is 1. The Labute approximate surface area is 128 Å². The SMILES string of the molecule is COC(=O)c1ccccc1N1CCn2nnnc2C1C(C)C. The van der Waals surface area contributed by atoms with Crippen molar-refractivity contribution < 1.29 is 9.53 Å². The maximum absolute atomic E-state index is 12.1. The van der Waals surface area contributed by atoms with Crippen molar-refractivity contribution in [3.05, 3.63) is 35.7 Å². The van der Waals surface area contributed by atoms with Crippen molar-refractivity contribution in [1.82, 2.24) is 20.2 Å². The van der Waals surface area contributed by atoms with Crippen LogP contribution in [0.3, 0.4) is 0 Å². The average Bonchev–Trinajstić information content (AvgIpc) is 3.01. The Balaban J connectivity index is 2.07. The first-order chi connectivity index (χ1) is 10.6. The van der Waals surface area contributed by atoms with Gasteiger partial charge in [0.25, 0.3) is 0 Å². The lowest BCUT2D eigenvalue weighted by Gasteiger charge is -2.39. The lowest BCUT2D eigenvalue weighted by atomic mass is 9.98. The van der Waals surface area contributed by atoms with Gasteiger partial charge in [0.05, 0.1) is 30.9 Å². The van der Waals surface area contributed by atoms with E-state index in [1.165, 1.54) is 7.11 Å². The molecule has 0 aliphatic carbocycles. The number of aromatic nitrogens is 4.